The van der Waals surface area contributed by atoms with E-state index in [0.29, 0.717) is 40.8 Å². The minimum atomic E-state index is -0.313. The first-order valence-electron chi connectivity index (χ1n) is 7.61. The van der Waals surface area contributed by atoms with Crippen molar-refractivity contribution in [2.45, 2.75) is 13.8 Å². The number of thiophene rings is 1. The molecule has 7 heteroatoms. The summed E-state index contributed by atoms with van der Waals surface area (Å²) in [6, 6.07) is 6.67. The Bertz CT molecular complexity index is 727. The molecule has 1 aromatic carbocycles. The molecule has 1 aromatic heterocycles. The zero-order chi connectivity index (χ0) is 17.5. The van der Waals surface area contributed by atoms with Gasteiger partial charge in [0.15, 0.2) is 11.5 Å². The third kappa shape index (κ3) is 4.05. The molecule has 24 heavy (non-hydrogen) atoms. The molecular formula is C17H20N2O4S. The second-order valence-electron chi connectivity index (χ2n) is 4.72. The van der Waals surface area contributed by atoms with E-state index in [9.17, 15) is 9.59 Å². The average molecular weight is 348 g/mol. The molecule has 0 spiro atoms. The minimum Gasteiger partial charge on any atom is -0.490 e. The first-order valence-corrected chi connectivity index (χ1v) is 8.49. The maximum atomic E-state index is 12.5. The van der Waals surface area contributed by atoms with Crippen LogP contribution in [0.15, 0.2) is 29.6 Å². The summed E-state index contributed by atoms with van der Waals surface area (Å²) >= 11 is 1.29. The molecule has 6 nitrogen and oxygen atoms in total. The average Bonchev–Trinajstić information content (AvgIpc) is 3.04. The summed E-state index contributed by atoms with van der Waals surface area (Å²) in [6.07, 6.45) is 0. The van der Waals surface area contributed by atoms with Crippen LogP contribution in [-0.2, 0) is 0 Å². The third-order valence-electron chi connectivity index (χ3n) is 3.17. The molecule has 0 aliphatic heterocycles. The van der Waals surface area contributed by atoms with Crippen molar-refractivity contribution in [3.8, 4) is 11.5 Å². The van der Waals surface area contributed by atoms with E-state index in [1.165, 1.54) is 11.3 Å². The summed E-state index contributed by atoms with van der Waals surface area (Å²) in [4.78, 5) is 24.2. The van der Waals surface area contributed by atoms with E-state index < -0.39 is 0 Å². The predicted octanol–water partition coefficient (Wildman–Crippen LogP) is 3.16. The molecule has 2 rings (SSSR count). The number of amides is 2. The van der Waals surface area contributed by atoms with Crippen molar-refractivity contribution < 1.29 is 19.1 Å². The maximum absolute atomic E-state index is 12.5. The predicted molar refractivity (Wildman–Crippen MR) is 94.4 cm³/mol. The Balaban J connectivity index is 2.22. The van der Waals surface area contributed by atoms with Crippen molar-refractivity contribution in [3.63, 3.8) is 0 Å². The van der Waals surface area contributed by atoms with Crippen molar-refractivity contribution in [1.29, 1.82) is 0 Å². The molecule has 0 bridgehead atoms. The lowest BCUT2D eigenvalue weighted by Gasteiger charge is -2.12. The molecule has 128 valence electrons. The van der Waals surface area contributed by atoms with E-state index in [-0.39, 0.29) is 11.8 Å². The van der Waals surface area contributed by atoms with Crippen molar-refractivity contribution in [2.75, 3.05) is 25.6 Å². The second-order valence-corrected chi connectivity index (χ2v) is 5.64. The van der Waals surface area contributed by atoms with Gasteiger partial charge in [-0.1, -0.05) is 0 Å². The zero-order valence-electron chi connectivity index (χ0n) is 13.8. The Morgan fingerprint density at radius 3 is 2.42 bits per heavy atom. The number of carbonyl (C=O) groups excluding carboxylic acids is 2. The van der Waals surface area contributed by atoms with Gasteiger partial charge in [-0.2, -0.15) is 0 Å². The van der Waals surface area contributed by atoms with Crippen LogP contribution in [0.2, 0.25) is 0 Å². The molecule has 1 heterocycles. The highest BCUT2D eigenvalue weighted by Gasteiger charge is 2.16. The molecule has 2 N–H and O–H groups in total. The smallest absolute Gasteiger partial charge is 0.256 e. The first-order chi connectivity index (χ1) is 11.6. The van der Waals surface area contributed by atoms with Gasteiger partial charge in [-0.25, -0.2) is 0 Å². The van der Waals surface area contributed by atoms with Crippen molar-refractivity contribution >= 4 is 28.2 Å². The summed E-state index contributed by atoms with van der Waals surface area (Å²) in [5.74, 6) is 0.558. The van der Waals surface area contributed by atoms with Gasteiger partial charge in [0.05, 0.1) is 18.8 Å². The summed E-state index contributed by atoms with van der Waals surface area (Å²) < 4.78 is 11.0. The quantitative estimate of drug-likeness (QED) is 0.806. The Kier molecular flexibility index (Phi) is 6.20. The number of hydrogen-bond acceptors (Lipinski definition) is 5. The fraction of sp³-hybridized carbons (Fsp3) is 0.294. The highest BCUT2D eigenvalue weighted by Crippen LogP contribution is 2.30. The Labute approximate surface area is 144 Å². The molecule has 0 radical (unpaired) electrons. The molecule has 0 saturated carbocycles. The van der Waals surface area contributed by atoms with E-state index in [1.54, 1.807) is 36.7 Å². The molecule has 0 fully saturated rings. The number of carbonyl (C=O) groups is 2. The number of ether oxygens (including phenoxy) is 2. The summed E-state index contributed by atoms with van der Waals surface area (Å²) in [5, 5.41) is 7.57. The minimum absolute atomic E-state index is 0.242. The first kappa shape index (κ1) is 17.8. The van der Waals surface area contributed by atoms with Gasteiger partial charge < -0.3 is 20.1 Å². The lowest BCUT2D eigenvalue weighted by molar-refractivity contribution is 0.0964. The van der Waals surface area contributed by atoms with E-state index in [2.05, 4.69) is 10.6 Å². The molecule has 0 aliphatic carbocycles. The van der Waals surface area contributed by atoms with Gasteiger partial charge in [0.1, 0.15) is 5.00 Å². The summed E-state index contributed by atoms with van der Waals surface area (Å²) in [6.45, 7) is 4.73. The maximum Gasteiger partial charge on any atom is 0.256 e. The molecule has 0 atom stereocenters. The molecule has 0 saturated heterocycles. The Hall–Kier alpha value is -2.54. The van der Waals surface area contributed by atoms with Crippen molar-refractivity contribution in [2.24, 2.45) is 0 Å². The number of anilines is 1. The fourth-order valence-electron chi connectivity index (χ4n) is 2.09. The second kappa shape index (κ2) is 8.35. The van der Waals surface area contributed by atoms with Crippen molar-refractivity contribution in [3.05, 3.63) is 40.8 Å². The molecular weight excluding hydrogens is 328 g/mol. The zero-order valence-corrected chi connectivity index (χ0v) is 14.7. The van der Waals surface area contributed by atoms with Gasteiger partial charge in [-0.3, -0.25) is 9.59 Å². The number of nitrogens with one attached hydrogen (secondary N) is 2. The summed E-state index contributed by atoms with van der Waals surface area (Å²) in [7, 11) is 1.55. The molecule has 0 aliphatic rings. The monoisotopic (exact) mass is 348 g/mol. The highest BCUT2D eigenvalue weighted by atomic mass is 32.1. The SMILES string of the molecule is CCOc1ccc(C(=O)Nc2sccc2C(=O)NC)cc1OCC. The summed E-state index contributed by atoms with van der Waals surface area (Å²) in [5.41, 5.74) is 0.866. The Morgan fingerprint density at radius 1 is 1.04 bits per heavy atom. The van der Waals surface area contributed by atoms with Crippen LogP contribution >= 0.6 is 11.3 Å². The van der Waals surface area contributed by atoms with Crippen LogP contribution < -0.4 is 20.1 Å². The van der Waals surface area contributed by atoms with Gasteiger partial charge in [0, 0.05) is 12.6 Å². The lowest BCUT2D eigenvalue weighted by Crippen LogP contribution is -2.20. The number of benzene rings is 1. The lowest BCUT2D eigenvalue weighted by atomic mass is 10.2. The largest absolute Gasteiger partial charge is 0.490 e. The van der Waals surface area contributed by atoms with Crippen LogP contribution in [0.4, 0.5) is 5.00 Å². The van der Waals surface area contributed by atoms with Crippen LogP contribution in [0.25, 0.3) is 0 Å². The highest BCUT2D eigenvalue weighted by molar-refractivity contribution is 7.14. The van der Waals surface area contributed by atoms with E-state index in [0.717, 1.165) is 0 Å². The van der Waals surface area contributed by atoms with E-state index in [4.69, 9.17) is 9.47 Å². The van der Waals surface area contributed by atoms with Gasteiger partial charge in [-0.15, -0.1) is 11.3 Å². The van der Waals surface area contributed by atoms with Crippen LogP contribution in [0.1, 0.15) is 34.6 Å². The van der Waals surface area contributed by atoms with E-state index in [1.807, 2.05) is 13.8 Å². The fourth-order valence-corrected chi connectivity index (χ4v) is 2.87. The third-order valence-corrected chi connectivity index (χ3v) is 4.00. The topological polar surface area (TPSA) is 76.7 Å². The van der Waals surface area contributed by atoms with Crippen LogP contribution in [-0.4, -0.2) is 32.1 Å². The van der Waals surface area contributed by atoms with E-state index >= 15 is 0 Å². The van der Waals surface area contributed by atoms with Crippen molar-refractivity contribution in [1.82, 2.24) is 5.32 Å². The van der Waals surface area contributed by atoms with Crippen LogP contribution in [0, 0.1) is 0 Å². The van der Waals surface area contributed by atoms with Gasteiger partial charge in [-0.05, 0) is 43.5 Å². The van der Waals surface area contributed by atoms with Gasteiger partial charge in [0.25, 0.3) is 11.8 Å². The van der Waals surface area contributed by atoms with Gasteiger partial charge >= 0.3 is 0 Å². The standard InChI is InChI=1S/C17H20N2O4S/c1-4-22-13-7-6-11(10-14(13)23-5-2)15(20)19-17-12(8-9-24-17)16(21)18-3/h6-10H,4-5H2,1-3H3,(H,18,21)(H,19,20). The number of rotatable bonds is 7. The van der Waals surface area contributed by atoms with Crippen LogP contribution in [0.3, 0.4) is 0 Å². The number of hydrogen-bond donors (Lipinski definition) is 2. The Morgan fingerprint density at radius 2 is 1.75 bits per heavy atom. The normalized spacial score (nSPS) is 10.1. The molecule has 2 amide bonds. The molecule has 0 unspecified atom stereocenters. The van der Waals surface area contributed by atoms with Gasteiger partial charge in [0.2, 0.25) is 0 Å². The van der Waals surface area contributed by atoms with Crippen LogP contribution in [0.5, 0.6) is 11.5 Å². The molecule has 2 aromatic rings.